The molecule has 0 atom stereocenters. The highest BCUT2D eigenvalue weighted by Gasteiger charge is 2.44. The zero-order valence-corrected chi connectivity index (χ0v) is 12.2. The van der Waals surface area contributed by atoms with E-state index in [9.17, 15) is 18.5 Å². The third-order valence-corrected chi connectivity index (χ3v) is 5.54. The van der Waals surface area contributed by atoms with Gasteiger partial charge in [-0.2, -0.15) is 0 Å². The summed E-state index contributed by atoms with van der Waals surface area (Å²) in [7, 11) is -3.94. The molecule has 0 aromatic heterocycles. The molecule has 0 aliphatic heterocycles. The molecule has 0 unspecified atom stereocenters. The van der Waals surface area contributed by atoms with Crippen LogP contribution >= 0.6 is 0 Å². The number of sulfonamides is 1. The Morgan fingerprint density at radius 1 is 1.24 bits per heavy atom. The van der Waals surface area contributed by atoms with Crippen molar-refractivity contribution >= 4 is 21.4 Å². The van der Waals surface area contributed by atoms with Gasteiger partial charge >= 0.3 is 5.69 Å². The number of hydrogen-bond acceptors (Lipinski definition) is 5. The molecule has 2 aliphatic carbocycles. The third-order valence-electron chi connectivity index (χ3n) is 4.05. The Hall–Kier alpha value is -1.67. The number of rotatable bonds is 6. The van der Waals surface area contributed by atoms with Crippen LogP contribution in [-0.2, 0) is 10.0 Å². The number of nitrogens with zero attached hydrogens (tertiary/aromatic N) is 1. The normalized spacial score (nSPS) is 18.9. The fourth-order valence-electron chi connectivity index (χ4n) is 2.68. The number of anilines is 1. The molecule has 0 saturated heterocycles. The summed E-state index contributed by atoms with van der Waals surface area (Å²) >= 11 is 0. The van der Waals surface area contributed by atoms with Crippen LogP contribution in [0.15, 0.2) is 23.1 Å². The van der Waals surface area contributed by atoms with E-state index in [1.165, 1.54) is 18.2 Å². The molecule has 2 fully saturated rings. The van der Waals surface area contributed by atoms with Crippen molar-refractivity contribution < 1.29 is 13.3 Å². The van der Waals surface area contributed by atoms with Gasteiger partial charge in [0.1, 0.15) is 5.69 Å². The van der Waals surface area contributed by atoms with Crippen LogP contribution in [0.4, 0.5) is 11.4 Å². The number of para-hydroxylation sites is 1. The number of nitrogens with two attached hydrogens (primary N) is 1. The molecule has 2 aliphatic rings. The third kappa shape index (κ3) is 2.86. The Morgan fingerprint density at radius 3 is 2.29 bits per heavy atom. The standard InChI is InChI=1S/C13H17N3O4S/c14-10-2-1-3-11(13(10)16(17)18)21(19,20)15-12(8-4-5-8)9-6-7-9/h1-3,8-9,12,15H,4-7,14H2. The summed E-state index contributed by atoms with van der Waals surface area (Å²) in [5.41, 5.74) is 4.87. The number of nitro groups is 1. The van der Waals surface area contributed by atoms with Crippen molar-refractivity contribution in [3.63, 3.8) is 0 Å². The van der Waals surface area contributed by atoms with Gasteiger partial charge < -0.3 is 5.73 Å². The van der Waals surface area contributed by atoms with Gasteiger partial charge in [-0.15, -0.1) is 0 Å². The second kappa shape index (κ2) is 4.96. The van der Waals surface area contributed by atoms with Crippen LogP contribution in [0.25, 0.3) is 0 Å². The first-order chi connectivity index (χ1) is 9.90. The molecule has 21 heavy (non-hydrogen) atoms. The maximum Gasteiger partial charge on any atom is 0.312 e. The minimum Gasteiger partial charge on any atom is -0.393 e. The van der Waals surface area contributed by atoms with E-state index in [-0.39, 0.29) is 16.6 Å². The van der Waals surface area contributed by atoms with Gasteiger partial charge in [0.25, 0.3) is 0 Å². The molecule has 0 radical (unpaired) electrons. The molecular formula is C13H17N3O4S. The maximum absolute atomic E-state index is 12.5. The number of nitrogens with one attached hydrogen (secondary N) is 1. The summed E-state index contributed by atoms with van der Waals surface area (Å²) in [6, 6.07) is 3.88. The highest BCUT2D eigenvalue weighted by molar-refractivity contribution is 7.89. The topological polar surface area (TPSA) is 115 Å². The molecule has 0 amide bonds. The van der Waals surface area contributed by atoms with Crippen LogP contribution in [0.2, 0.25) is 0 Å². The lowest BCUT2D eigenvalue weighted by molar-refractivity contribution is -0.386. The molecule has 1 aromatic carbocycles. The molecule has 1 aromatic rings. The molecule has 2 saturated carbocycles. The summed E-state index contributed by atoms with van der Waals surface area (Å²) in [5, 5.41) is 11.1. The Labute approximate surface area is 122 Å². The fourth-order valence-corrected chi connectivity index (χ4v) is 4.26. The van der Waals surface area contributed by atoms with Crippen molar-refractivity contribution in [1.29, 1.82) is 0 Å². The zero-order valence-electron chi connectivity index (χ0n) is 11.4. The maximum atomic E-state index is 12.5. The van der Waals surface area contributed by atoms with Crippen LogP contribution in [0, 0.1) is 22.0 Å². The predicted molar refractivity (Wildman–Crippen MR) is 77.1 cm³/mol. The van der Waals surface area contributed by atoms with Gasteiger partial charge in [0, 0.05) is 6.04 Å². The van der Waals surface area contributed by atoms with Crippen molar-refractivity contribution in [2.24, 2.45) is 11.8 Å². The monoisotopic (exact) mass is 311 g/mol. The second-order valence-corrected chi connectivity index (χ2v) is 7.46. The number of benzene rings is 1. The Bertz CT molecular complexity index is 669. The zero-order chi connectivity index (χ0) is 15.2. The molecule has 3 N–H and O–H groups in total. The van der Waals surface area contributed by atoms with Crippen LogP contribution in [0.3, 0.4) is 0 Å². The highest BCUT2D eigenvalue weighted by atomic mass is 32.2. The van der Waals surface area contributed by atoms with Gasteiger partial charge in [-0.05, 0) is 49.7 Å². The lowest BCUT2D eigenvalue weighted by Gasteiger charge is -2.17. The van der Waals surface area contributed by atoms with Crippen LogP contribution in [0.1, 0.15) is 25.7 Å². The quantitative estimate of drug-likeness (QED) is 0.471. The van der Waals surface area contributed by atoms with E-state index in [0.717, 1.165) is 25.7 Å². The number of nitrogen functional groups attached to an aromatic ring is 1. The first-order valence-electron chi connectivity index (χ1n) is 6.95. The van der Waals surface area contributed by atoms with E-state index in [1.807, 2.05) is 0 Å². The minimum absolute atomic E-state index is 0.101. The number of nitro benzene ring substituents is 1. The summed E-state index contributed by atoms with van der Waals surface area (Å²) in [4.78, 5) is 10.0. The Balaban J connectivity index is 1.94. The van der Waals surface area contributed by atoms with Gasteiger partial charge in [-0.3, -0.25) is 10.1 Å². The molecule has 114 valence electrons. The van der Waals surface area contributed by atoms with Crippen LogP contribution in [-0.4, -0.2) is 19.4 Å². The van der Waals surface area contributed by atoms with Gasteiger partial charge in [0.05, 0.1) is 4.92 Å². The van der Waals surface area contributed by atoms with E-state index < -0.39 is 20.6 Å². The lowest BCUT2D eigenvalue weighted by Crippen LogP contribution is -2.38. The number of hydrogen-bond donors (Lipinski definition) is 2. The van der Waals surface area contributed by atoms with Gasteiger partial charge in [0.15, 0.2) is 4.90 Å². The second-order valence-electron chi connectivity index (χ2n) is 5.77. The van der Waals surface area contributed by atoms with E-state index in [0.29, 0.717) is 11.8 Å². The molecule has 8 heteroatoms. The SMILES string of the molecule is Nc1cccc(S(=O)(=O)NC(C2CC2)C2CC2)c1[N+](=O)[O-]. The summed E-state index contributed by atoms with van der Waals surface area (Å²) in [6.07, 6.45) is 4.07. The highest BCUT2D eigenvalue weighted by Crippen LogP contribution is 2.45. The summed E-state index contributed by atoms with van der Waals surface area (Å²) in [5.74, 6) is 0.736. The lowest BCUT2D eigenvalue weighted by atomic mass is 10.1. The van der Waals surface area contributed by atoms with E-state index in [1.54, 1.807) is 0 Å². The molecule has 0 bridgehead atoms. The van der Waals surface area contributed by atoms with Gasteiger partial charge in [-0.1, -0.05) is 6.07 Å². The van der Waals surface area contributed by atoms with Crippen molar-refractivity contribution in [2.45, 2.75) is 36.6 Å². The molecule has 0 heterocycles. The van der Waals surface area contributed by atoms with Crippen LogP contribution < -0.4 is 10.5 Å². The van der Waals surface area contributed by atoms with E-state index in [2.05, 4.69) is 4.72 Å². The minimum atomic E-state index is -3.94. The van der Waals surface area contributed by atoms with Crippen molar-refractivity contribution in [1.82, 2.24) is 4.72 Å². The Kier molecular flexibility index (Phi) is 3.37. The van der Waals surface area contributed by atoms with Crippen molar-refractivity contribution in [2.75, 3.05) is 5.73 Å². The molecular weight excluding hydrogens is 294 g/mol. The van der Waals surface area contributed by atoms with Gasteiger partial charge in [-0.25, -0.2) is 13.1 Å². The van der Waals surface area contributed by atoms with Gasteiger partial charge in [0.2, 0.25) is 10.0 Å². The largest absolute Gasteiger partial charge is 0.393 e. The van der Waals surface area contributed by atoms with Crippen molar-refractivity contribution in [3.05, 3.63) is 28.3 Å². The predicted octanol–water partition coefficient (Wildman–Crippen LogP) is 1.64. The average Bonchev–Trinajstić information content (AvgIpc) is 3.27. The van der Waals surface area contributed by atoms with Crippen LogP contribution in [0.5, 0.6) is 0 Å². The first kappa shape index (κ1) is 14.3. The summed E-state index contributed by atoms with van der Waals surface area (Å²) in [6.45, 7) is 0. The molecule has 3 rings (SSSR count). The molecule has 0 spiro atoms. The Morgan fingerprint density at radius 2 is 1.81 bits per heavy atom. The van der Waals surface area contributed by atoms with Crippen molar-refractivity contribution in [3.8, 4) is 0 Å². The molecule has 7 nitrogen and oxygen atoms in total. The van der Waals surface area contributed by atoms with E-state index >= 15 is 0 Å². The fraction of sp³-hybridized carbons (Fsp3) is 0.538. The smallest absolute Gasteiger partial charge is 0.312 e. The first-order valence-corrected chi connectivity index (χ1v) is 8.43. The average molecular weight is 311 g/mol. The van der Waals surface area contributed by atoms with E-state index in [4.69, 9.17) is 5.73 Å². The summed E-state index contributed by atoms with van der Waals surface area (Å²) < 4.78 is 27.7.